The van der Waals surface area contributed by atoms with E-state index < -0.39 is 0 Å². The molecular formula is C19H32N4O. The summed E-state index contributed by atoms with van der Waals surface area (Å²) in [6, 6.07) is 8.07. The first kappa shape index (κ1) is 18.6. The van der Waals surface area contributed by atoms with E-state index in [2.05, 4.69) is 39.6 Å². The Kier molecular flexibility index (Phi) is 8.46. The van der Waals surface area contributed by atoms with Gasteiger partial charge in [-0.15, -0.1) is 0 Å². The van der Waals surface area contributed by atoms with Gasteiger partial charge in [-0.05, 0) is 50.6 Å². The standard InChI is InChI=1S/C19H32N4O/c1-3-20-19(21-12-15-23-13-6-4-5-7-14-23)22-16-17-8-10-18(24-2)11-9-17/h8-11H,3-7,12-16H2,1-2H3,(H2,20,21,22). The average molecular weight is 332 g/mol. The Labute approximate surface area is 146 Å². The number of nitrogens with one attached hydrogen (secondary N) is 2. The Morgan fingerprint density at radius 3 is 2.42 bits per heavy atom. The minimum Gasteiger partial charge on any atom is -0.497 e. The van der Waals surface area contributed by atoms with Crippen molar-refractivity contribution >= 4 is 5.96 Å². The van der Waals surface area contributed by atoms with Crippen LogP contribution in [0.2, 0.25) is 0 Å². The van der Waals surface area contributed by atoms with Crippen molar-refractivity contribution in [3.63, 3.8) is 0 Å². The molecule has 5 heteroatoms. The van der Waals surface area contributed by atoms with Crippen molar-refractivity contribution in [3.8, 4) is 5.75 Å². The third kappa shape index (κ3) is 6.79. The molecule has 1 aliphatic heterocycles. The van der Waals surface area contributed by atoms with E-state index in [0.717, 1.165) is 31.3 Å². The molecule has 2 N–H and O–H groups in total. The first-order valence-corrected chi connectivity index (χ1v) is 9.19. The molecule has 0 radical (unpaired) electrons. The maximum atomic E-state index is 5.19. The van der Waals surface area contributed by atoms with Crippen LogP contribution in [0.5, 0.6) is 5.75 Å². The highest BCUT2D eigenvalue weighted by Gasteiger charge is 2.08. The predicted octanol–water partition coefficient (Wildman–Crippen LogP) is 2.63. The number of rotatable bonds is 7. The van der Waals surface area contributed by atoms with Crippen LogP contribution in [0.3, 0.4) is 0 Å². The van der Waals surface area contributed by atoms with E-state index in [4.69, 9.17) is 4.74 Å². The van der Waals surface area contributed by atoms with Crippen LogP contribution in [-0.4, -0.2) is 50.7 Å². The molecule has 0 atom stereocenters. The second-order valence-electron chi connectivity index (χ2n) is 6.23. The minimum absolute atomic E-state index is 0.670. The Morgan fingerprint density at radius 2 is 1.79 bits per heavy atom. The van der Waals surface area contributed by atoms with Crippen LogP contribution in [0.15, 0.2) is 29.3 Å². The van der Waals surface area contributed by atoms with Crippen LogP contribution >= 0.6 is 0 Å². The highest BCUT2D eigenvalue weighted by Crippen LogP contribution is 2.12. The van der Waals surface area contributed by atoms with Gasteiger partial charge in [0, 0.05) is 19.6 Å². The number of nitrogens with zero attached hydrogens (tertiary/aromatic N) is 2. The number of aliphatic imine (C=N–C) groups is 1. The van der Waals surface area contributed by atoms with E-state index in [0.29, 0.717) is 6.54 Å². The van der Waals surface area contributed by atoms with Gasteiger partial charge in [0.15, 0.2) is 5.96 Å². The quantitative estimate of drug-likeness (QED) is 0.595. The molecule has 0 aromatic heterocycles. The van der Waals surface area contributed by atoms with Crippen LogP contribution in [0.4, 0.5) is 0 Å². The molecule has 0 spiro atoms. The highest BCUT2D eigenvalue weighted by molar-refractivity contribution is 5.79. The summed E-state index contributed by atoms with van der Waals surface area (Å²) in [5.74, 6) is 1.77. The number of ether oxygens (including phenoxy) is 1. The van der Waals surface area contributed by atoms with E-state index in [9.17, 15) is 0 Å². The summed E-state index contributed by atoms with van der Waals surface area (Å²) >= 11 is 0. The Morgan fingerprint density at radius 1 is 1.08 bits per heavy atom. The first-order valence-electron chi connectivity index (χ1n) is 9.19. The molecule has 0 unspecified atom stereocenters. The van der Waals surface area contributed by atoms with Gasteiger partial charge in [-0.3, -0.25) is 0 Å². The number of likely N-dealkylation sites (tertiary alicyclic amines) is 1. The van der Waals surface area contributed by atoms with Crippen LogP contribution in [0.25, 0.3) is 0 Å². The zero-order chi connectivity index (χ0) is 17.0. The number of hydrogen-bond donors (Lipinski definition) is 2. The molecule has 1 aromatic rings. The lowest BCUT2D eigenvalue weighted by Crippen LogP contribution is -2.41. The molecule has 5 nitrogen and oxygen atoms in total. The van der Waals surface area contributed by atoms with Crippen molar-refractivity contribution < 1.29 is 4.74 Å². The average Bonchev–Trinajstić information content (AvgIpc) is 2.89. The summed E-state index contributed by atoms with van der Waals surface area (Å²) in [5.41, 5.74) is 1.18. The third-order valence-electron chi connectivity index (χ3n) is 4.34. The van der Waals surface area contributed by atoms with E-state index in [-0.39, 0.29) is 0 Å². The van der Waals surface area contributed by atoms with E-state index >= 15 is 0 Å². The monoisotopic (exact) mass is 332 g/mol. The fourth-order valence-electron chi connectivity index (χ4n) is 2.94. The molecule has 0 bridgehead atoms. The smallest absolute Gasteiger partial charge is 0.191 e. The van der Waals surface area contributed by atoms with Crippen LogP contribution in [0, 0.1) is 0 Å². The third-order valence-corrected chi connectivity index (χ3v) is 4.34. The van der Waals surface area contributed by atoms with Gasteiger partial charge in [-0.2, -0.15) is 0 Å². The van der Waals surface area contributed by atoms with Gasteiger partial charge in [0.1, 0.15) is 5.75 Å². The van der Waals surface area contributed by atoms with Gasteiger partial charge < -0.3 is 20.3 Å². The number of hydrogen-bond acceptors (Lipinski definition) is 3. The van der Waals surface area contributed by atoms with Crippen molar-refractivity contribution in [2.75, 3.05) is 39.8 Å². The first-order chi connectivity index (χ1) is 11.8. The molecule has 0 aliphatic carbocycles. The SMILES string of the molecule is CCNC(=NCc1ccc(OC)cc1)NCCN1CCCCCC1. The summed E-state index contributed by atoms with van der Waals surface area (Å²) < 4.78 is 5.19. The van der Waals surface area contributed by atoms with E-state index in [1.807, 2.05) is 12.1 Å². The van der Waals surface area contributed by atoms with Gasteiger partial charge in [0.05, 0.1) is 13.7 Å². The molecular weight excluding hydrogens is 300 g/mol. The summed E-state index contributed by atoms with van der Waals surface area (Å²) in [4.78, 5) is 7.24. The van der Waals surface area contributed by atoms with Gasteiger partial charge in [-0.1, -0.05) is 25.0 Å². The summed E-state index contributed by atoms with van der Waals surface area (Å²) in [7, 11) is 1.69. The molecule has 24 heavy (non-hydrogen) atoms. The van der Waals surface area contributed by atoms with E-state index in [1.165, 1.54) is 44.3 Å². The molecule has 1 aromatic carbocycles. The fourth-order valence-corrected chi connectivity index (χ4v) is 2.94. The lowest BCUT2D eigenvalue weighted by atomic mass is 10.2. The van der Waals surface area contributed by atoms with Crippen molar-refractivity contribution in [2.24, 2.45) is 4.99 Å². The topological polar surface area (TPSA) is 48.9 Å². The largest absolute Gasteiger partial charge is 0.497 e. The fraction of sp³-hybridized carbons (Fsp3) is 0.632. The highest BCUT2D eigenvalue weighted by atomic mass is 16.5. The number of guanidine groups is 1. The van der Waals surface area contributed by atoms with Crippen LogP contribution in [-0.2, 0) is 6.54 Å². The van der Waals surface area contributed by atoms with Crippen LogP contribution < -0.4 is 15.4 Å². The van der Waals surface area contributed by atoms with Crippen molar-refractivity contribution in [2.45, 2.75) is 39.2 Å². The zero-order valence-corrected chi connectivity index (χ0v) is 15.2. The van der Waals surface area contributed by atoms with E-state index in [1.54, 1.807) is 7.11 Å². The minimum atomic E-state index is 0.670. The molecule has 1 aliphatic rings. The van der Waals surface area contributed by atoms with Gasteiger partial charge >= 0.3 is 0 Å². The lowest BCUT2D eigenvalue weighted by molar-refractivity contribution is 0.289. The van der Waals surface area contributed by atoms with Gasteiger partial charge in [0.25, 0.3) is 0 Å². The normalized spacial score (nSPS) is 16.5. The van der Waals surface area contributed by atoms with Crippen molar-refractivity contribution in [1.29, 1.82) is 0 Å². The van der Waals surface area contributed by atoms with Gasteiger partial charge in [0.2, 0.25) is 0 Å². The second kappa shape index (κ2) is 10.9. The maximum Gasteiger partial charge on any atom is 0.191 e. The van der Waals surface area contributed by atoms with Crippen molar-refractivity contribution in [3.05, 3.63) is 29.8 Å². The zero-order valence-electron chi connectivity index (χ0n) is 15.2. The second-order valence-corrected chi connectivity index (χ2v) is 6.23. The lowest BCUT2D eigenvalue weighted by Gasteiger charge is -2.20. The number of benzene rings is 1. The Balaban J connectivity index is 1.78. The number of methoxy groups -OCH3 is 1. The van der Waals surface area contributed by atoms with Gasteiger partial charge in [-0.25, -0.2) is 4.99 Å². The van der Waals surface area contributed by atoms with Crippen LogP contribution in [0.1, 0.15) is 38.2 Å². The molecule has 1 fully saturated rings. The molecule has 0 amide bonds. The molecule has 1 saturated heterocycles. The predicted molar refractivity (Wildman–Crippen MR) is 101 cm³/mol. The Hall–Kier alpha value is -1.75. The summed E-state index contributed by atoms with van der Waals surface area (Å²) in [6.45, 7) is 8.14. The molecule has 1 heterocycles. The molecule has 134 valence electrons. The molecule has 2 rings (SSSR count). The Bertz CT molecular complexity index is 479. The maximum absolute atomic E-state index is 5.19. The van der Waals surface area contributed by atoms with Crippen molar-refractivity contribution in [1.82, 2.24) is 15.5 Å². The molecule has 0 saturated carbocycles. The summed E-state index contributed by atoms with van der Waals surface area (Å²) in [6.07, 6.45) is 5.45. The summed E-state index contributed by atoms with van der Waals surface area (Å²) in [5, 5.41) is 6.77.